The molecule has 0 aromatic carbocycles. The van der Waals surface area contributed by atoms with Gasteiger partial charge in [0, 0.05) is 45.6 Å². The van der Waals surface area contributed by atoms with Gasteiger partial charge >= 0.3 is 0 Å². The van der Waals surface area contributed by atoms with Gasteiger partial charge in [0.25, 0.3) is 0 Å². The summed E-state index contributed by atoms with van der Waals surface area (Å²) in [7, 11) is 0. The lowest BCUT2D eigenvalue weighted by Crippen LogP contribution is -2.39. The molecule has 0 aliphatic carbocycles. The summed E-state index contributed by atoms with van der Waals surface area (Å²) in [6, 6.07) is 0. The van der Waals surface area contributed by atoms with Crippen molar-refractivity contribution in [3.8, 4) is 0 Å². The van der Waals surface area contributed by atoms with Gasteiger partial charge in [-0.15, -0.1) is 0 Å². The van der Waals surface area contributed by atoms with Gasteiger partial charge in [0.2, 0.25) is 11.8 Å². The van der Waals surface area contributed by atoms with Crippen LogP contribution in [-0.2, 0) is 9.59 Å². The number of aliphatic hydroxyl groups is 1. The molecule has 2 rings (SSSR count). The summed E-state index contributed by atoms with van der Waals surface area (Å²) in [5.41, 5.74) is 0. The van der Waals surface area contributed by atoms with Gasteiger partial charge in [0.15, 0.2) is 0 Å². The number of imide groups is 1. The lowest BCUT2D eigenvalue weighted by atomic mass is 10.3. The fraction of sp³-hybridized carbons (Fsp3) is 0.846. The minimum Gasteiger partial charge on any atom is -0.395 e. The molecule has 0 atom stereocenters. The molecule has 0 radical (unpaired) electrons. The van der Waals surface area contributed by atoms with Crippen LogP contribution in [-0.4, -0.2) is 84.0 Å². The van der Waals surface area contributed by atoms with Crippen LogP contribution in [0, 0.1) is 0 Å². The molecule has 2 aliphatic rings. The molecule has 1 N–H and O–H groups in total. The molecule has 2 fully saturated rings. The molecule has 0 aromatic rings. The van der Waals surface area contributed by atoms with Crippen LogP contribution in [0.15, 0.2) is 0 Å². The zero-order valence-corrected chi connectivity index (χ0v) is 11.4. The van der Waals surface area contributed by atoms with E-state index in [1.54, 1.807) is 0 Å². The smallest absolute Gasteiger partial charge is 0.229 e. The van der Waals surface area contributed by atoms with Gasteiger partial charge in [-0.3, -0.25) is 19.4 Å². The van der Waals surface area contributed by atoms with Crippen molar-refractivity contribution in [3.05, 3.63) is 0 Å². The largest absolute Gasteiger partial charge is 0.395 e. The third-order valence-corrected chi connectivity index (χ3v) is 3.89. The van der Waals surface area contributed by atoms with E-state index in [-0.39, 0.29) is 18.4 Å². The van der Waals surface area contributed by atoms with Crippen LogP contribution in [0.2, 0.25) is 0 Å². The van der Waals surface area contributed by atoms with E-state index >= 15 is 0 Å². The molecule has 19 heavy (non-hydrogen) atoms. The van der Waals surface area contributed by atoms with Gasteiger partial charge in [-0.2, -0.15) is 0 Å². The molecule has 2 aliphatic heterocycles. The Morgan fingerprint density at radius 2 is 1.42 bits per heavy atom. The van der Waals surface area contributed by atoms with E-state index in [4.69, 9.17) is 5.11 Å². The first kappa shape index (κ1) is 14.4. The Hall–Kier alpha value is -0.980. The number of aliphatic hydroxyl groups excluding tert-OH is 1. The summed E-state index contributed by atoms with van der Waals surface area (Å²) >= 11 is 0. The molecule has 6 heteroatoms. The number of carbonyl (C=O) groups excluding carboxylic acids is 2. The highest BCUT2D eigenvalue weighted by Gasteiger charge is 2.28. The maximum Gasteiger partial charge on any atom is 0.229 e. The molecule has 0 spiro atoms. The van der Waals surface area contributed by atoms with E-state index in [2.05, 4.69) is 9.80 Å². The molecule has 0 saturated carbocycles. The van der Waals surface area contributed by atoms with Crippen molar-refractivity contribution >= 4 is 11.8 Å². The minimum atomic E-state index is -0.0262. The summed E-state index contributed by atoms with van der Waals surface area (Å²) < 4.78 is 0. The van der Waals surface area contributed by atoms with Gasteiger partial charge in [-0.1, -0.05) is 0 Å². The quantitative estimate of drug-likeness (QED) is 0.658. The number of likely N-dealkylation sites (tertiary alicyclic amines) is 1. The summed E-state index contributed by atoms with van der Waals surface area (Å²) in [4.78, 5) is 29.0. The number of rotatable bonds is 5. The van der Waals surface area contributed by atoms with Crippen molar-refractivity contribution in [3.63, 3.8) is 0 Å². The average Bonchev–Trinajstić information content (AvgIpc) is 2.61. The number of hydrogen-bond donors (Lipinski definition) is 1. The number of nitrogens with zero attached hydrogens (tertiary/aromatic N) is 3. The van der Waals surface area contributed by atoms with E-state index in [9.17, 15) is 9.59 Å². The molecule has 108 valence electrons. The lowest BCUT2D eigenvalue weighted by Gasteiger charge is -2.23. The fourth-order valence-corrected chi connectivity index (χ4v) is 2.73. The molecule has 0 unspecified atom stereocenters. The predicted molar refractivity (Wildman–Crippen MR) is 70.5 cm³/mol. The molecule has 2 saturated heterocycles. The number of β-amino-alcohol motifs (C(OH)–C–C–N with tert-alkyl or cyclic N) is 1. The maximum atomic E-state index is 11.5. The van der Waals surface area contributed by atoms with Gasteiger partial charge in [0.1, 0.15) is 0 Å². The van der Waals surface area contributed by atoms with Crippen LogP contribution < -0.4 is 0 Å². The van der Waals surface area contributed by atoms with Crippen molar-refractivity contribution in [2.75, 3.05) is 52.4 Å². The Kier molecular flexibility index (Phi) is 5.30. The van der Waals surface area contributed by atoms with Crippen LogP contribution in [0.4, 0.5) is 0 Å². The van der Waals surface area contributed by atoms with Gasteiger partial charge in [-0.25, -0.2) is 0 Å². The topological polar surface area (TPSA) is 64.1 Å². The summed E-state index contributed by atoms with van der Waals surface area (Å²) in [5.74, 6) is -0.0524. The van der Waals surface area contributed by atoms with Crippen LogP contribution in [0.25, 0.3) is 0 Å². The second-order valence-electron chi connectivity index (χ2n) is 5.20. The summed E-state index contributed by atoms with van der Waals surface area (Å²) in [5, 5.41) is 8.94. The van der Waals surface area contributed by atoms with Crippen molar-refractivity contribution in [1.82, 2.24) is 14.7 Å². The normalized spacial score (nSPS) is 23.1. The first-order valence-corrected chi connectivity index (χ1v) is 7.09. The fourth-order valence-electron chi connectivity index (χ4n) is 2.73. The van der Waals surface area contributed by atoms with Gasteiger partial charge in [-0.05, 0) is 19.5 Å². The zero-order chi connectivity index (χ0) is 13.7. The van der Waals surface area contributed by atoms with Crippen molar-refractivity contribution in [1.29, 1.82) is 0 Å². The standard InChI is InChI=1S/C13H23N3O3/c17-11-10-15-5-1-4-14(6-7-15)8-9-16-12(18)2-3-13(16)19/h17H,1-11H2. The van der Waals surface area contributed by atoms with Crippen LogP contribution in [0.3, 0.4) is 0 Å². The highest BCUT2D eigenvalue weighted by atomic mass is 16.3. The number of carbonyl (C=O) groups is 2. The second-order valence-corrected chi connectivity index (χ2v) is 5.20. The van der Waals surface area contributed by atoms with E-state index in [1.165, 1.54) is 4.90 Å². The average molecular weight is 269 g/mol. The van der Waals surface area contributed by atoms with E-state index in [0.717, 1.165) is 45.7 Å². The Morgan fingerprint density at radius 1 is 0.842 bits per heavy atom. The molecule has 0 aromatic heterocycles. The minimum absolute atomic E-state index is 0.0262. The molecule has 2 heterocycles. The lowest BCUT2D eigenvalue weighted by molar-refractivity contribution is -0.138. The molecule has 6 nitrogen and oxygen atoms in total. The number of hydrogen-bond acceptors (Lipinski definition) is 5. The van der Waals surface area contributed by atoms with E-state index in [0.29, 0.717) is 19.4 Å². The van der Waals surface area contributed by atoms with Crippen LogP contribution >= 0.6 is 0 Å². The summed E-state index contributed by atoms with van der Waals surface area (Å²) in [6.45, 7) is 6.13. The number of amides is 2. The zero-order valence-electron chi connectivity index (χ0n) is 11.4. The Balaban J connectivity index is 1.74. The van der Waals surface area contributed by atoms with E-state index in [1.807, 2.05) is 0 Å². The predicted octanol–water partition coefficient (Wildman–Crippen LogP) is -0.865. The first-order chi connectivity index (χ1) is 9.20. The Morgan fingerprint density at radius 3 is 2.00 bits per heavy atom. The van der Waals surface area contributed by atoms with Crippen molar-refractivity contribution < 1.29 is 14.7 Å². The van der Waals surface area contributed by atoms with Crippen molar-refractivity contribution in [2.45, 2.75) is 19.3 Å². The third kappa shape index (κ3) is 3.99. The molecular formula is C13H23N3O3. The Bertz CT molecular complexity index is 319. The molecule has 0 bridgehead atoms. The van der Waals surface area contributed by atoms with Gasteiger partial charge in [0.05, 0.1) is 6.61 Å². The third-order valence-electron chi connectivity index (χ3n) is 3.89. The van der Waals surface area contributed by atoms with E-state index < -0.39 is 0 Å². The molecular weight excluding hydrogens is 246 g/mol. The second kappa shape index (κ2) is 6.98. The Labute approximate surface area is 114 Å². The monoisotopic (exact) mass is 269 g/mol. The van der Waals surface area contributed by atoms with Gasteiger partial charge < -0.3 is 10.0 Å². The van der Waals surface area contributed by atoms with Crippen molar-refractivity contribution in [2.24, 2.45) is 0 Å². The van der Waals surface area contributed by atoms with Crippen LogP contribution in [0.1, 0.15) is 19.3 Å². The highest BCUT2D eigenvalue weighted by molar-refractivity contribution is 6.01. The summed E-state index contributed by atoms with van der Waals surface area (Å²) in [6.07, 6.45) is 1.83. The highest BCUT2D eigenvalue weighted by Crippen LogP contribution is 2.11. The molecule has 2 amide bonds. The first-order valence-electron chi connectivity index (χ1n) is 7.09. The maximum absolute atomic E-state index is 11.5. The van der Waals surface area contributed by atoms with Crippen LogP contribution in [0.5, 0.6) is 0 Å². The SMILES string of the molecule is O=C1CCC(=O)N1CCN1CCCN(CCO)CC1.